The average Bonchev–Trinajstić information content (AvgIpc) is 2.37. The van der Waals surface area contributed by atoms with Crippen LogP contribution in [0.5, 0.6) is 0 Å². The van der Waals surface area contributed by atoms with E-state index in [1.807, 2.05) is 0 Å². The molecule has 0 fully saturated rings. The number of carboxylic acids is 2. The van der Waals surface area contributed by atoms with E-state index in [9.17, 15) is 9.59 Å². The molecule has 0 unspecified atom stereocenters. The first kappa shape index (κ1) is 21.0. The SMILES string of the molecule is N[C@@H](CCC(=O)O)C(=O)O.OCCN(CCO)CCO. The third-order valence-corrected chi connectivity index (χ3v) is 2.24. The van der Waals surface area contributed by atoms with Gasteiger partial charge in [-0.05, 0) is 6.42 Å². The molecule has 0 aliphatic heterocycles. The molecule has 7 N–H and O–H groups in total. The fourth-order valence-electron chi connectivity index (χ4n) is 1.16. The summed E-state index contributed by atoms with van der Waals surface area (Å²) in [5.41, 5.74) is 5.00. The van der Waals surface area contributed by atoms with Gasteiger partial charge in [-0.2, -0.15) is 0 Å². The highest BCUT2D eigenvalue weighted by atomic mass is 16.4. The van der Waals surface area contributed by atoms with E-state index in [0.29, 0.717) is 19.6 Å². The molecule has 0 spiro atoms. The van der Waals surface area contributed by atoms with Crippen molar-refractivity contribution in [2.24, 2.45) is 5.73 Å². The molecule has 0 aliphatic rings. The normalized spacial score (nSPS) is 11.7. The molecule has 0 aromatic heterocycles. The number of aliphatic hydroxyl groups is 3. The number of rotatable bonds is 10. The second kappa shape index (κ2) is 14.2. The van der Waals surface area contributed by atoms with Gasteiger partial charge in [-0.25, -0.2) is 0 Å². The Labute approximate surface area is 117 Å². The van der Waals surface area contributed by atoms with Crippen LogP contribution < -0.4 is 5.73 Å². The Bertz CT molecular complexity index is 249. The summed E-state index contributed by atoms with van der Waals surface area (Å²) >= 11 is 0. The Balaban J connectivity index is 0. The van der Waals surface area contributed by atoms with E-state index in [2.05, 4.69) is 0 Å². The van der Waals surface area contributed by atoms with E-state index < -0.39 is 18.0 Å². The molecule has 0 rings (SSSR count). The zero-order valence-electron chi connectivity index (χ0n) is 11.3. The van der Waals surface area contributed by atoms with Crippen molar-refractivity contribution in [1.82, 2.24) is 4.90 Å². The van der Waals surface area contributed by atoms with Crippen molar-refractivity contribution < 1.29 is 35.1 Å². The number of carbonyl (C=O) groups is 2. The van der Waals surface area contributed by atoms with Crippen molar-refractivity contribution in [1.29, 1.82) is 0 Å². The van der Waals surface area contributed by atoms with Crippen LogP contribution in [0.3, 0.4) is 0 Å². The van der Waals surface area contributed by atoms with Crippen molar-refractivity contribution in [3.8, 4) is 0 Å². The molecular formula is C11H24N2O7. The molecule has 0 saturated carbocycles. The predicted molar refractivity (Wildman–Crippen MR) is 70.2 cm³/mol. The lowest BCUT2D eigenvalue weighted by Crippen LogP contribution is -2.32. The van der Waals surface area contributed by atoms with Crippen molar-refractivity contribution in [3.05, 3.63) is 0 Å². The minimum Gasteiger partial charge on any atom is -0.481 e. The monoisotopic (exact) mass is 296 g/mol. The van der Waals surface area contributed by atoms with Crippen LogP contribution in [0.4, 0.5) is 0 Å². The highest BCUT2D eigenvalue weighted by molar-refractivity contribution is 5.74. The molecule has 0 saturated heterocycles. The Morgan fingerprint density at radius 1 is 0.950 bits per heavy atom. The average molecular weight is 296 g/mol. The summed E-state index contributed by atoms with van der Waals surface area (Å²) in [7, 11) is 0. The van der Waals surface area contributed by atoms with Crippen molar-refractivity contribution >= 4 is 11.9 Å². The largest absolute Gasteiger partial charge is 0.481 e. The van der Waals surface area contributed by atoms with Gasteiger partial charge in [0.1, 0.15) is 6.04 Å². The summed E-state index contributed by atoms with van der Waals surface area (Å²) in [6.45, 7) is 1.75. The van der Waals surface area contributed by atoms with Gasteiger partial charge in [0.25, 0.3) is 0 Å². The van der Waals surface area contributed by atoms with Crippen LogP contribution in [-0.2, 0) is 9.59 Å². The molecule has 1 atom stereocenters. The van der Waals surface area contributed by atoms with Gasteiger partial charge in [-0.3, -0.25) is 14.5 Å². The second-order valence-corrected chi connectivity index (χ2v) is 3.89. The van der Waals surface area contributed by atoms with Gasteiger partial charge in [0, 0.05) is 26.1 Å². The summed E-state index contributed by atoms with van der Waals surface area (Å²) in [4.78, 5) is 21.7. The lowest BCUT2D eigenvalue weighted by atomic mass is 10.2. The summed E-state index contributed by atoms with van der Waals surface area (Å²) in [5, 5.41) is 41.7. The molecule has 120 valence electrons. The number of aliphatic hydroxyl groups excluding tert-OH is 3. The zero-order valence-corrected chi connectivity index (χ0v) is 11.3. The highest BCUT2D eigenvalue weighted by Crippen LogP contribution is 1.93. The lowest BCUT2D eigenvalue weighted by Gasteiger charge is -2.17. The first-order valence-corrected chi connectivity index (χ1v) is 6.14. The Kier molecular flexibility index (Phi) is 14.9. The smallest absolute Gasteiger partial charge is 0.320 e. The van der Waals surface area contributed by atoms with E-state index in [0.717, 1.165) is 0 Å². The molecule has 20 heavy (non-hydrogen) atoms. The topological polar surface area (TPSA) is 165 Å². The van der Waals surface area contributed by atoms with E-state index in [4.69, 9.17) is 31.3 Å². The number of nitrogens with two attached hydrogens (primary N) is 1. The van der Waals surface area contributed by atoms with Gasteiger partial charge in [0.05, 0.1) is 19.8 Å². The van der Waals surface area contributed by atoms with Gasteiger partial charge < -0.3 is 31.3 Å². The molecule has 0 bridgehead atoms. The first-order valence-electron chi connectivity index (χ1n) is 6.14. The number of hydrogen-bond donors (Lipinski definition) is 6. The van der Waals surface area contributed by atoms with Crippen LogP contribution in [0.15, 0.2) is 0 Å². The number of nitrogens with zero attached hydrogens (tertiary/aromatic N) is 1. The standard InChI is InChI=1S/C6H15NO3.C5H9NO4/c8-4-1-7(2-5-9)3-6-10;6-3(5(9)10)1-2-4(7)8/h8-10H,1-6H2;3H,1-2,6H2,(H,7,8)(H,9,10)/t;3-/m.0/s1. The summed E-state index contributed by atoms with van der Waals surface area (Å²) in [6.07, 6.45) is -0.224. The van der Waals surface area contributed by atoms with Crippen LogP contribution in [0.25, 0.3) is 0 Å². The maximum atomic E-state index is 9.99. The van der Waals surface area contributed by atoms with Crippen LogP contribution in [-0.4, -0.2) is 87.9 Å². The Hall–Kier alpha value is -1.26. The summed E-state index contributed by atoms with van der Waals surface area (Å²) < 4.78 is 0. The molecule has 0 aromatic rings. The number of carboxylic acid groups (broad SMARTS) is 2. The highest BCUT2D eigenvalue weighted by Gasteiger charge is 2.12. The van der Waals surface area contributed by atoms with Gasteiger partial charge in [0.2, 0.25) is 0 Å². The Morgan fingerprint density at radius 2 is 1.35 bits per heavy atom. The predicted octanol–water partition coefficient (Wildman–Crippen LogP) is -2.47. The molecule has 9 heteroatoms. The second-order valence-electron chi connectivity index (χ2n) is 3.89. The molecule has 0 radical (unpaired) electrons. The van der Waals surface area contributed by atoms with Crippen LogP contribution in [0.1, 0.15) is 12.8 Å². The van der Waals surface area contributed by atoms with Gasteiger partial charge in [0.15, 0.2) is 0 Å². The van der Waals surface area contributed by atoms with Crippen molar-refractivity contribution in [2.45, 2.75) is 18.9 Å². The Morgan fingerprint density at radius 3 is 1.60 bits per heavy atom. The lowest BCUT2D eigenvalue weighted by molar-refractivity contribution is -0.139. The van der Waals surface area contributed by atoms with Crippen molar-refractivity contribution in [3.63, 3.8) is 0 Å². The van der Waals surface area contributed by atoms with E-state index in [1.165, 1.54) is 0 Å². The van der Waals surface area contributed by atoms with E-state index in [1.54, 1.807) is 4.90 Å². The summed E-state index contributed by atoms with van der Waals surface area (Å²) in [6, 6.07) is -1.06. The number of hydrogen-bond acceptors (Lipinski definition) is 7. The van der Waals surface area contributed by atoms with Gasteiger partial charge in [-0.15, -0.1) is 0 Å². The molecule has 9 nitrogen and oxygen atoms in total. The van der Waals surface area contributed by atoms with Crippen LogP contribution in [0.2, 0.25) is 0 Å². The minimum atomic E-state index is -1.17. The fourth-order valence-corrected chi connectivity index (χ4v) is 1.16. The minimum absolute atomic E-state index is 0.0231. The third-order valence-electron chi connectivity index (χ3n) is 2.24. The quantitative estimate of drug-likeness (QED) is 0.256. The van der Waals surface area contributed by atoms with Crippen molar-refractivity contribution in [2.75, 3.05) is 39.5 Å². The third kappa shape index (κ3) is 14.8. The van der Waals surface area contributed by atoms with Gasteiger partial charge >= 0.3 is 11.9 Å². The van der Waals surface area contributed by atoms with Gasteiger partial charge in [-0.1, -0.05) is 0 Å². The summed E-state index contributed by atoms with van der Waals surface area (Å²) in [5.74, 6) is -2.20. The fraction of sp³-hybridized carbons (Fsp3) is 0.818. The molecule has 0 amide bonds. The number of aliphatic carboxylic acids is 2. The van der Waals surface area contributed by atoms with Crippen LogP contribution in [0, 0.1) is 0 Å². The first-order chi connectivity index (χ1) is 9.38. The maximum absolute atomic E-state index is 9.99. The van der Waals surface area contributed by atoms with E-state index >= 15 is 0 Å². The maximum Gasteiger partial charge on any atom is 0.320 e. The molecular weight excluding hydrogens is 272 g/mol. The van der Waals surface area contributed by atoms with E-state index in [-0.39, 0.29) is 32.7 Å². The molecule has 0 aromatic carbocycles. The molecule has 0 aliphatic carbocycles. The molecule has 0 heterocycles. The van der Waals surface area contributed by atoms with Crippen LogP contribution >= 0.6 is 0 Å². The zero-order chi connectivity index (χ0) is 16.0.